The second kappa shape index (κ2) is 5.82. The second-order valence-electron chi connectivity index (χ2n) is 8.04. The topological polar surface area (TPSA) is 96.4 Å². The van der Waals surface area contributed by atoms with E-state index in [4.69, 9.17) is 9.72 Å². The van der Waals surface area contributed by atoms with E-state index >= 15 is 0 Å². The van der Waals surface area contributed by atoms with Crippen molar-refractivity contribution in [2.45, 2.75) is 39.0 Å². The van der Waals surface area contributed by atoms with Crippen LogP contribution in [-0.2, 0) is 0 Å². The van der Waals surface area contributed by atoms with Crippen molar-refractivity contribution in [1.82, 2.24) is 24.4 Å². The summed E-state index contributed by atoms with van der Waals surface area (Å²) in [6.07, 6.45) is 2.22. The van der Waals surface area contributed by atoms with E-state index in [9.17, 15) is 9.59 Å². The molecule has 9 nitrogen and oxygen atoms in total. The fourth-order valence-electron chi connectivity index (χ4n) is 4.09. The van der Waals surface area contributed by atoms with Gasteiger partial charge in [-0.3, -0.25) is 9.78 Å². The van der Waals surface area contributed by atoms with E-state index in [2.05, 4.69) is 14.9 Å². The van der Waals surface area contributed by atoms with Crippen LogP contribution in [0.3, 0.4) is 0 Å². The molecule has 0 saturated carbocycles. The number of hydrogen-bond donors (Lipinski definition) is 1. The molecule has 2 aliphatic heterocycles. The van der Waals surface area contributed by atoms with E-state index in [1.54, 1.807) is 36.3 Å². The molecule has 0 aromatic carbocycles. The average Bonchev–Trinajstić information content (AvgIpc) is 3.01. The van der Waals surface area contributed by atoms with Crippen molar-refractivity contribution < 1.29 is 9.53 Å². The van der Waals surface area contributed by atoms with Gasteiger partial charge in [-0.1, -0.05) is 0 Å². The SMILES string of the molecule is C[C@@H]1CCN2c3nc(ccc3C(=O)N(C)C2(C)C)-n2c(=O)[nH]c3nccc(c32)O1. The van der Waals surface area contributed by atoms with Crippen molar-refractivity contribution in [3.8, 4) is 11.6 Å². The quantitative estimate of drug-likeness (QED) is 0.626. The minimum absolute atomic E-state index is 0.0897. The molecule has 2 bridgehead atoms. The lowest BCUT2D eigenvalue weighted by molar-refractivity contribution is 0.0581. The summed E-state index contributed by atoms with van der Waals surface area (Å²) in [4.78, 5) is 41.4. The molecule has 3 aromatic rings. The van der Waals surface area contributed by atoms with Crippen LogP contribution in [0.15, 0.2) is 29.2 Å². The van der Waals surface area contributed by atoms with Gasteiger partial charge in [0.25, 0.3) is 5.91 Å². The predicted molar refractivity (Wildman–Crippen MR) is 108 cm³/mol. The number of rotatable bonds is 0. The highest BCUT2D eigenvalue weighted by Crippen LogP contribution is 2.37. The van der Waals surface area contributed by atoms with Crippen LogP contribution in [-0.4, -0.2) is 55.7 Å². The lowest BCUT2D eigenvalue weighted by atomic mass is 10.0. The Bertz CT molecular complexity index is 1210. The normalized spacial score (nSPS) is 20.4. The van der Waals surface area contributed by atoms with Gasteiger partial charge in [0.2, 0.25) is 0 Å². The number of fused-ring (bicyclic) bond motifs is 2. The van der Waals surface area contributed by atoms with Gasteiger partial charge in [0, 0.05) is 32.3 Å². The van der Waals surface area contributed by atoms with Gasteiger partial charge in [0.05, 0.1) is 11.7 Å². The van der Waals surface area contributed by atoms with Crippen LogP contribution in [0.25, 0.3) is 17.0 Å². The minimum Gasteiger partial charge on any atom is -0.488 e. The Labute approximate surface area is 166 Å². The Morgan fingerprint density at radius 2 is 2.03 bits per heavy atom. The molecule has 5 heterocycles. The zero-order valence-corrected chi connectivity index (χ0v) is 16.8. The number of nitrogens with zero attached hydrogens (tertiary/aromatic N) is 5. The van der Waals surface area contributed by atoms with Gasteiger partial charge in [-0.15, -0.1) is 0 Å². The number of aromatic nitrogens is 4. The van der Waals surface area contributed by atoms with E-state index < -0.39 is 5.66 Å². The number of H-pyrrole nitrogens is 1. The van der Waals surface area contributed by atoms with Gasteiger partial charge in [-0.2, -0.15) is 0 Å². The first-order valence-corrected chi connectivity index (χ1v) is 9.62. The molecule has 0 fully saturated rings. The van der Waals surface area contributed by atoms with E-state index in [1.165, 1.54) is 4.57 Å². The zero-order chi connectivity index (χ0) is 20.5. The summed E-state index contributed by atoms with van der Waals surface area (Å²) in [6, 6.07) is 5.18. The first kappa shape index (κ1) is 17.7. The molecule has 2 aliphatic rings. The maximum absolute atomic E-state index is 13.0. The molecule has 1 N–H and O–H groups in total. The van der Waals surface area contributed by atoms with E-state index in [0.717, 1.165) is 6.42 Å². The van der Waals surface area contributed by atoms with Gasteiger partial charge < -0.3 is 14.5 Å². The Morgan fingerprint density at radius 3 is 2.83 bits per heavy atom. The Balaban J connectivity index is 1.85. The Morgan fingerprint density at radius 1 is 1.24 bits per heavy atom. The molecule has 0 radical (unpaired) electrons. The van der Waals surface area contributed by atoms with E-state index in [0.29, 0.717) is 40.7 Å². The molecule has 3 aromatic heterocycles. The fraction of sp³-hybridized carbons (Fsp3) is 0.400. The summed E-state index contributed by atoms with van der Waals surface area (Å²) in [6.45, 7) is 6.63. The first-order chi connectivity index (χ1) is 13.8. The summed E-state index contributed by atoms with van der Waals surface area (Å²) in [5.41, 5.74) is 0.578. The van der Waals surface area contributed by atoms with Crippen LogP contribution in [0.2, 0.25) is 0 Å². The first-order valence-electron chi connectivity index (χ1n) is 9.62. The van der Waals surface area contributed by atoms with Crippen molar-refractivity contribution >= 4 is 22.9 Å². The molecular formula is C20H22N6O3. The van der Waals surface area contributed by atoms with Crippen LogP contribution in [0.4, 0.5) is 5.82 Å². The monoisotopic (exact) mass is 394 g/mol. The smallest absolute Gasteiger partial charge is 0.333 e. The Hall–Kier alpha value is -3.36. The number of hydrogen-bond acceptors (Lipinski definition) is 6. The van der Waals surface area contributed by atoms with Gasteiger partial charge >= 0.3 is 5.69 Å². The lowest BCUT2D eigenvalue weighted by Gasteiger charge is -2.49. The number of anilines is 1. The standard InChI is InChI=1S/C20H22N6O3/c1-11-8-10-25-17-12(18(27)24(4)20(25,2)3)5-6-14(22-17)26-15-13(29-11)7-9-21-16(15)23-19(26)28/h5-7,9,11H,8,10H2,1-4H3,(H,21,23,28)/t11-/m1/s1. The van der Waals surface area contributed by atoms with Gasteiger partial charge in [-0.05, 0) is 32.9 Å². The van der Waals surface area contributed by atoms with Crippen molar-refractivity contribution in [1.29, 1.82) is 0 Å². The van der Waals surface area contributed by atoms with Crippen molar-refractivity contribution in [3.05, 3.63) is 40.4 Å². The highest BCUT2D eigenvalue weighted by Gasteiger charge is 2.42. The highest BCUT2D eigenvalue weighted by molar-refractivity contribution is 6.01. The molecule has 0 spiro atoms. The van der Waals surface area contributed by atoms with Crippen molar-refractivity contribution in [2.75, 3.05) is 18.5 Å². The lowest BCUT2D eigenvalue weighted by Crippen LogP contribution is -2.61. The molecule has 1 atom stereocenters. The van der Waals surface area contributed by atoms with E-state index in [-0.39, 0.29) is 17.7 Å². The van der Waals surface area contributed by atoms with Crippen LogP contribution >= 0.6 is 0 Å². The summed E-state index contributed by atoms with van der Waals surface area (Å²) in [5.74, 6) is 1.49. The molecule has 150 valence electrons. The molecule has 9 heteroatoms. The number of ether oxygens (including phenoxy) is 1. The summed E-state index contributed by atoms with van der Waals surface area (Å²) >= 11 is 0. The number of imidazole rings is 1. The number of pyridine rings is 2. The average molecular weight is 394 g/mol. The predicted octanol–water partition coefficient (Wildman–Crippen LogP) is 1.91. The summed E-state index contributed by atoms with van der Waals surface area (Å²) in [5, 5.41) is 0. The number of aromatic amines is 1. The molecule has 0 aliphatic carbocycles. The maximum Gasteiger partial charge on any atom is 0.333 e. The molecular weight excluding hydrogens is 372 g/mol. The number of carbonyl (C=O) groups excluding carboxylic acids is 1. The molecule has 5 rings (SSSR count). The molecule has 0 unspecified atom stereocenters. The van der Waals surface area contributed by atoms with Gasteiger partial charge in [0.1, 0.15) is 28.6 Å². The molecule has 1 amide bonds. The number of carbonyl (C=O) groups is 1. The van der Waals surface area contributed by atoms with E-state index in [1.807, 2.05) is 20.8 Å². The number of amides is 1. The van der Waals surface area contributed by atoms with Crippen molar-refractivity contribution in [3.63, 3.8) is 0 Å². The van der Waals surface area contributed by atoms with Crippen LogP contribution in [0.5, 0.6) is 5.75 Å². The van der Waals surface area contributed by atoms with Crippen molar-refractivity contribution in [2.24, 2.45) is 0 Å². The zero-order valence-electron chi connectivity index (χ0n) is 16.8. The third-order valence-electron chi connectivity index (χ3n) is 5.99. The van der Waals surface area contributed by atoms with Gasteiger partial charge in [-0.25, -0.2) is 19.3 Å². The molecule has 0 saturated heterocycles. The third-order valence-corrected chi connectivity index (χ3v) is 5.99. The maximum atomic E-state index is 13.0. The largest absolute Gasteiger partial charge is 0.488 e. The highest BCUT2D eigenvalue weighted by atomic mass is 16.5. The van der Waals surface area contributed by atoms with Crippen LogP contribution in [0.1, 0.15) is 37.6 Å². The minimum atomic E-state index is -0.573. The molecule has 29 heavy (non-hydrogen) atoms. The Kier molecular flexibility index (Phi) is 3.56. The van der Waals surface area contributed by atoms with Gasteiger partial charge in [0.15, 0.2) is 5.65 Å². The van der Waals surface area contributed by atoms with Crippen LogP contribution in [0, 0.1) is 0 Å². The van der Waals surface area contributed by atoms with Crippen LogP contribution < -0.4 is 15.3 Å². The summed E-state index contributed by atoms with van der Waals surface area (Å²) < 4.78 is 7.66. The number of nitrogens with one attached hydrogen (secondary N) is 1. The third kappa shape index (κ3) is 2.39. The second-order valence-corrected chi connectivity index (χ2v) is 8.04. The summed E-state index contributed by atoms with van der Waals surface area (Å²) in [7, 11) is 1.80. The fourth-order valence-corrected chi connectivity index (χ4v) is 4.09.